The molecule has 82 valence electrons. The van der Waals surface area contributed by atoms with Crippen molar-refractivity contribution in [2.45, 2.75) is 18.6 Å². The van der Waals surface area contributed by atoms with Crippen molar-refractivity contribution in [1.82, 2.24) is 0 Å². The van der Waals surface area contributed by atoms with Gasteiger partial charge in [0.2, 0.25) is 6.08 Å². The number of hydrogen-bond donors (Lipinski definition) is 0. The van der Waals surface area contributed by atoms with E-state index in [4.69, 9.17) is 0 Å². The predicted octanol–water partition coefficient (Wildman–Crippen LogP) is 2.11. The minimum absolute atomic E-state index is 0.0533. The van der Waals surface area contributed by atoms with Crippen molar-refractivity contribution < 1.29 is 22.7 Å². The van der Waals surface area contributed by atoms with Crippen LogP contribution in [0.1, 0.15) is 6.42 Å². The van der Waals surface area contributed by atoms with Gasteiger partial charge in [-0.15, -0.1) is 0 Å². The normalized spacial score (nSPS) is 21.2. The number of alkyl halides is 3. The molecule has 0 aromatic heterocycles. The van der Waals surface area contributed by atoms with Crippen LogP contribution in [0.15, 0.2) is 28.5 Å². The summed E-state index contributed by atoms with van der Waals surface area (Å²) < 4.78 is 41.8. The summed E-state index contributed by atoms with van der Waals surface area (Å²) in [5.74, 6) is 0.0533. The molecular weight excluding hydrogens is 211 g/mol. The monoisotopic (exact) mass is 219 g/mol. The van der Waals surface area contributed by atoms with E-state index in [1.54, 1.807) is 0 Å². The molecule has 0 fully saturated rings. The van der Waals surface area contributed by atoms with Crippen LogP contribution in [0.2, 0.25) is 0 Å². The molecule has 1 aliphatic rings. The van der Waals surface area contributed by atoms with Gasteiger partial charge in [-0.05, 0) is 12.2 Å². The molecule has 0 spiro atoms. The van der Waals surface area contributed by atoms with E-state index in [0.717, 1.165) is 6.08 Å². The van der Waals surface area contributed by atoms with Gasteiger partial charge in [0.25, 0.3) is 0 Å². The first-order valence-electron chi connectivity index (χ1n) is 4.08. The van der Waals surface area contributed by atoms with Crippen molar-refractivity contribution in [2.24, 2.45) is 4.99 Å². The maximum Gasteiger partial charge on any atom is 0.412 e. The Morgan fingerprint density at radius 1 is 1.60 bits per heavy atom. The molecule has 0 aromatic carbocycles. The van der Waals surface area contributed by atoms with E-state index in [1.807, 2.05) is 0 Å². The lowest BCUT2D eigenvalue weighted by Crippen LogP contribution is -2.20. The molecule has 0 bridgehead atoms. The van der Waals surface area contributed by atoms with E-state index in [2.05, 4.69) is 9.73 Å². The van der Waals surface area contributed by atoms with Gasteiger partial charge in [-0.25, -0.2) is 4.79 Å². The summed E-state index contributed by atoms with van der Waals surface area (Å²) in [4.78, 5) is 13.2. The minimum Gasteiger partial charge on any atom is -0.497 e. The molecule has 15 heavy (non-hydrogen) atoms. The summed E-state index contributed by atoms with van der Waals surface area (Å²) in [5, 5.41) is 0. The number of hydrogen-bond acceptors (Lipinski definition) is 3. The maximum absolute atomic E-state index is 12.4. The lowest BCUT2D eigenvalue weighted by atomic mass is 9.99. The Morgan fingerprint density at radius 2 is 2.27 bits per heavy atom. The number of carbonyl (C=O) groups excluding carboxylic acids is 1. The van der Waals surface area contributed by atoms with Crippen LogP contribution in [-0.4, -0.2) is 25.4 Å². The Morgan fingerprint density at radius 3 is 2.73 bits per heavy atom. The Balaban J connectivity index is 2.98. The fourth-order valence-corrected chi connectivity index (χ4v) is 1.23. The number of isocyanates is 1. The Hall–Kier alpha value is -1.55. The van der Waals surface area contributed by atoms with E-state index in [9.17, 15) is 18.0 Å². The smallest absolute Gasteiger partial charge is 0.412 e. The first-order valence-corrected chi connectivity index (χ1v) is 4.08. The molecule has 6 heteroatoms. The Bertz CT molecular complexity index is 351. The zero-order valence-electron chi connectivity index (χ0n) is 7.84. The van der Waals surface area contributed by atoms with E-state index in [-0.39, 0.29) is 12.2 Å². The zero-order valence-corrected chi connectivity index (χ0v) is 7.84. The summed E-state index contributed by atoms with van der Waals surface area (Å²) in [6.07, 6.45) is -1.30. The molecule has 1 unspecified atom stereocenters. The van der Waals surface area contributed by atoms with Crippen molar-refractivity contribution in [3.05, 3.63) is 23.5 Å². The second-order valence-electron chi connectivity index (χ2n) is 2.93. The first kappa shape index (κ1) is 11.5. The van der Waals surface area contributed by atoms with Crippen LogP contribution in [0.4, 0.5) is 13.2 Å². The Labute approximate surface area is 83.9 Å². The van der Waals surface area contributed by atoms with E-state index < -0.39 is 17.8 Å². The van der Waals surface area contributed by atoms with E-state index >= 15 is 0 Å². The largest absolute Gasteiger partial charge is 0.497 e. The molecule has 0 N–H and O–H groups in total. The summed E-state index contributed by atoms with van der Waals surface area (Å²) in [5.41, 5.74) is -0.758. The molecule has 1 aliphatic carbocycles. The molecular formula is C9H8F3NO2. The fourth-order valence-electron chi connectivity index (χ4n) is 1.23. The molecule has 1 rings (SSSR count). The molecule has 0 aromatic rings. The van der Waals surface area contributed by atoms with E-state index in [1.165, 1.54) is 19.3 Å². The highest BCUT2D eigenvalue weighted by atomic mass is 19.4. The SMILES string of the molecule is COC1=CC(N=C=O)CC(C(F)(F)F)=C1. The topological polar surface area (TPSA) is 38.7 Å². The van der Waals surface area contributed by atoms with Crippen molar-refractivity contribution in [1.29, 1.82) is 0 Å². The number of rotatable bonds is 2. The van der Waals surface area contributed by atoms with Crippen LogP contribution in [-0.2, 0) is 9.53 Å². The number of nitrogens with zero attached hydrogens (tertiary/aromatic N) is 1. The van der Waals surface area contributed by atoms with Crippen molar-refractivity contribution in [2.75, 3.05) is 7.11 Å². The standard InChI is InChI=1S/C9H8F3NO2/c1-15-8-3-6(9(10,11)12)2-7(4-8)13-5-14/h3-4,7H,2H2,1H3. The highest BCUT2D eigenvalue weighted by Crippen LogP contribution is 2.33. The van der Waals surface area contributed by atoms with Gasteiger partial charge >= 0.3 is 6.18 Å². The van der Waals surface area contributed by atoms with Crippen LogP contribution < -0.4 is 0 Å². The quantitative estimate of drug-likeness (QED) is 0.527. The van der Waals surface area contributed by atoms with Crippen LogP contribution in [0.5, 0.6) is 0 Å². The number of ether oxygens (including phenoxy) is 1. The molecule has 0 saturated carbocycles. The van der Waals surface area contributed by atoms with Gasteiger partial charge in [0, 0.05) is 12.0 Å². The van der Waals surface area contributed by atoms with Gasteiger partial charge in [0.05, 0.1) is 13.2 Å². The number of aliphatic imine (C=N–C) groups is 1. The maximum atomic E-state index is 12.4. The second kappa shape index (κ2) is 4.31. The second-order valence-corrected chi connectivity index (χ2v) is 2.93. The van der Waals surface area contributed by atoms with Crippen molar-refractivity contribution in [3.8, 4) is 0 Å². The van der Waals surface area contributed by atoms with Crippen molar-refractivity contribution in [3.63, 3.8) is 0 Å². The molecule has 0 heterocycles. The average Bonchev–Trinajstić information content (AvgIpc) is 2.16. The number of halogens is 3. The molecule has 3 nitrogen and oxygen atoms in total. The van der Waals surface area contributed by atoms with E-state index in [0.29, 0.717) is 0 Å². The third-order valence-corrected chi connectivity index (χ3v) is 1.92. The third-order valence-electron chi connectivity index (χ3n) is 1.92. The van der Waals surface area contributed by atoms with Gasteiger partial charge in [0.1, 0.15) is 5.76 Å². The minimum atomic E-state index is -4.42. The molecule has 0 saturated heterocycles. The van der Waals surface area contributed by atoms with Crippen LogP contribution in [0.3, 0.4) is 0 Å². The first-order chi connectivity index (χ1) is 6.97. The Kier molecular flexibility index (Phi) is 3.31. The third kappa shape index (κ3) is 2.95. The molecule has 0 aliphatic heterocycles. The zero-order chi connectivity index (χ0) is 11.5. The number of allylic oxidation sites excluding steroid dienone is 1. The highest BCUT2D eigenvalue weighted by molar-refractivity contribution is 5.37. The fraction of sp³-hybridized carbons (Fsp3) is 0.444. The summed E-state index contributed by atoms with van der Waals surface area (Å²) in [6, 6.07) is -0.848. The molecule has 0 amide bonds. The number of methoxy groups -OCH3 is 1. The summed E-state index contributed by atoms with van der Waals surface area (Å²) >= 11 is 0. The van der Waals surface area contributed by atoms with Gasteiger partial charge in [-0.2, -0.15) is 18.2 Å². The molecule has 1 atom stereocenters. The highest BCUT2D eigenvalue weighted by Gasteiger charge is 2.36. The lowest BCUT2D eigenvalue weighted by molar-refractivity contribution is -0.0947. The summed E-state index contributed by atoms with van der Waals surface area (Å²) in [6.45, 7) is 0. The molecule has 0 radical (unpaired) electrons. The van der Waals surface area contributed by atoms with Gasteiger partial charge in [-0.3, -0.25) is 0 Å². The summed E-state index contributed by atoms with van der Waals surface area (Å²) in [7, 11) is 1.25. The van der Waals surface area contributed by atoms with Gasteiger partial charge in [-0.1, -0.05) is 0 Å². The van der Waals surface area contributed by atoms with Gasteiger partial charge in [0.15, 0.2) is 0 Å². The van der Waals surface area contributed by atoms with Crippen LogP contribution >= 0.6 is 0 Å². The lowest BCUT2D eigenvalue weighted by Gasteiger charge is -2.19. The predicted molar refractivity (Wildman–Crippen MR) is 45.8 cm³/mol. The van der Waals surface area contributed by atoms with Crippen LogP contribution in [0, 0.1) is 0 Å². The van der Waals surface area contributed by atoms with Gasteiger partial charge < -0.3 is 4.74 Å². The average molecular weight is 219 g/mol. The van der Waals surface area contributed by atoms with Crippen LogP contribution in [0.25, 0.3) is 0 Å². The van der Waals surface area contributed by atoms with Crippen molar-refractivity contribution >= 4 is 6.08 Å².